The van der Waals surface area contributed by atoms with Gasteiger partial charge in [0.2, 0.25) is 5.76 Å². The van der Waals surface area contributed by atoms with Gasteiger partial charge >= 0.3 is 29.4 Å². The highest BCUT2D eigenvalue weighted by Crippen LogP contribution is 2.67. The molecule has 3 aliphatic heterocycles. The van der Waals surface area contributed by atoms with E-state index in [1.54, 1.807) is 0 Å². The lowest BCUT2D eigenvalue weighted by molar-refractivity contribution is -0.145. The number of rotatable bonds is 9. The molecule has 0 saturated carbocycles. The standard InChI is InChI=1S/C12H17N2O17P3/c1-26-5(15)3-27-4-2-14-10(13-11(4)18)9(8-6(16)7(17)12(14)28-8)29-33(22,23)31-34(24,25)30-32(19,20)21/h2,6-8,12,16-17H,3H2,1H3,(H,13,18)(H,22,23)(H,24,25)(H2,19,20,21)/t6?,7?,8-,12+/m0/s1. The smallest absolute Gasteiger partial charge is 0.475 e. The minimum Gasteiger partial charge on any atom is -0.475 e. The molecule has 0 aromatic rings. The quantitative estimate of drug-likeness (QED) is 0.114. The number of nitrogens with zero attached hydrogens (tertiary/aromatic N) is 1. The molecule has 6 atom stereocenters. The van der Waals surface area contributed by atoms with Crippen molar-refractivity contribution in [2.75, 3.05) is 13.7 Å². The van der Waals surface area contributed by atoms with Gasteiger partial charge in [-0.3, -0.25) is 14.6 Å². The molecule has 1 amide bonds. The molecule has 7 N–H and O–H groups in total. The van der Waals surface area contributed by atoms with Crippen molar-refractivity contribution in [1.29, 1.82) is 0 Å². The van der Waals surface area contributed by atoms with Crippen LogP contribution >= 0.6 is 23.5 Å². The molecule has 3 rings (SSSR count). The first-order valence-corrected chi connectivity index (χ1v) is 13.2. The highest BCUT2D eigenvalue weighted by atomic mass is 31.3. The second-order valence-corrected chi connectivity index (χ2v) is 10.9. The fourth-order valence-corrected chi connectivity index (χ4v) is 6.01. The number of nitrogens with one attached hydrogen (secondary N) is 1. The van der Waals surface area contributed by atoms with Crippen molar-refractivity contribution in [1.82, 2.24) is 10.2 Å². The third-order valence-electron chi connectivity index (χ3n) is 4.18. The summed E-state index contributed by atoms with van der Waals surface area (Å²) in [6.07, 6.45) is -5.76. The molecule has 34 heavy (non-hydrogen) atoms. The van der Waals surface area contributed by atoms with Gasteiger partial charge in [0.05, 0.1) is 13.3 Å². The largest absolute Gasteiger partial charge is 0.536 e. The Hall–Kier alpha value is -1.85. The van der Waals surface area contributed by atoms with Gasteiger partial charge in [0.25, 0.3) is 5.91 Å². The molecular weight excluding hydrogens is 537 g/mol. The second kappa shape index (κ2) is 9.31. The highest BCUT2D eigenvalue weighted by Gasteiger charge is 2.56. The summed E-state index contributed by atoms with van der Waals surface area (Å²) in [4.78, 5) is 60.8. The van der Waals surface area contributed by atoms with Gasteiger partial charge in [-0.05, 0) is 0 Å². The summed E-state index contributed by atoms with van der Waals surface area (Å²) in [6, 6.07) is 0. The molecule has 4 unspecified atom stereocenters. The van der Waals surface area contributed by atoms with E-state index in [0.717, 1.165) is 18.2 Å². The van der Waals surface area contributed by atoms with E-state index >= 15 is 0 Å². The van der Waals surface area contributed by atoms with Crippen molar-refractivity contribution >= 4 is 35.3 Å². The van der Waals surface area contributed by atoms with Gasteiger partial charge in [0.1, 0.15) is 12.2 Å². The van der Waals surface area contributed by atoms with Crippen LogP contribution < -0.4 is 5.32 Å². The number of hydrogen-bond donors (Lipinski definition) is 7. The van der Waals surface area contributed by atoms with E-state index in [2.05, 4.69) is 23.2 Å². The van der Waals surface area contributed by atoms with Crippen molar-refractivity contribution in [3.63, 3.8) is 0 Å². The fourth-order valence-electron chi connectivity index (χ4n) is 2.93. The summed E-state index contributed by atoms with van der Waals surface area (Å²) in [5.41, 5.74) is 0. The number of esters is 1. The maximum atomic E-state index is 12.4. The van der Waals surface area contributed by atoms with Crippen LogP contribution in [0.25, 0.3) is 0 Å². The van der Waals surface area contributed by atoms with E-state index in [9.17, 15) is 43.3 Å². The first kappa shape index (κ1) is 26.7. The lowest BCUT2D eigenvalue weighted by Crippen LogP contribution is -2.50. The molecule has 19 nitrogen and oxygen atoms in total. The Kier molecular flexibility index (Phi) is 7.32. The molecular formula is C12H17N2O17P3. The van der Waals surface area contributed by atoms with Crippen LogP contribution in [0.15, 0.2) is 23.5 Å². The highest BCUT2D eigenvalue weighted by molar-refractivity contribution is 7.66. The fraction of sp³-hybridized carbons (Fsp3) is 0.500. The van der Waals surface area contributed by atoms with E-state index in [4.69, 9.17) is 19.3 Å². The molecule has 3 heterocycles. The third kappa shape index (κ3) is 5.85. The second-order valence-electron chi connectivity index (χ2n) is 6.54. The molecule has 22 heteroatoms. The zero-order valence-corrected chi connectivity index (χ0v) is 19.2. The molecule has 1 fully saturated rings. The van der Waals surface area contributed by atoms with Crippen LogP contribution in [0.3, 0.4) is 0 Å². The van der Waals surface area contributed by atoms with E-state index in [0.29, 0.717) is 0 Å². The predicted molar refractivity (Wildman–Crippen MR) is 98.7 cm³/mol. The zero-order chi connectivity index (χ0) is 25.6. The summed E-state index contributed by atoms with van der Waals surface area (Å²) in [7, 11) is -16.3. The number of ether oxygens (including phenoxy) is 3. The Morgan fingerprint density at radius 2 is 1.76 bits per heavy atom. The number of aliphatic hydroxyl groups is 2. The summed E-state index contributed by atoms with van der Waals surface area (Å²) in [6.45, 7) is -0.698. The first-order valence-electron chi connectivity index (χ1n) is 8.64. The van der Waals surface area contributed by atoms with Gasteiger partial charge in [-0.25, -0.2) is 18.5 Å². The minimum absolute atomic E-state index is 0.506. The molecule has 2 bridgehead atoms. The molecule has 3 aliphatic rings. The molecule has 0 aromatic heterocycles. The third-order valence-corrected chi connectivity index (χ3v) is 7.93. The topological polar surface area (TPSA) is 277 Å². The Labute approximate surface area is 188 Å². The molecule has 0 aromatic carbocycles. The number of methoxy groups -OCH3 is 1. The van der Waals surface area contributed by atoms with Crippen molar-refractivity contribution in [2.45, 2.75) is 24.5 Å². The number of carbonyl (C=O) groups is 2. The maximum Gasteiger partial charge on any atom is 0.536 e. The Bertz CT molecular complexity index is 1080. The van der Waals surface area contributed by atoms with Crippen LogP contribution in [0.1, 0.15) is 0 Å². The van der Waals surface area contributed by atoms with Crippen LogP contribution in [0, 0.1) is 0 Å². The van der Waals surface area contributed by atoms with Crippen molar-refractivity contribution in [3.8, 4) is 0 Å². The van der Waals surface area contributed by atoms with Crippen molar-refractivity contribution < 1.29 is 80.4 Å². The number of amides is 1. The lowest BCUT2D eigenvalue weighted by atomic mass is 10.1. The van der Waals surface area contributed by atoms with Crippen molar-refractivity contribution in [2.24, 2.45) is 0 Å². The number of fused-ring (bicyclic) bond motifs is 4. The average molecular weight is 554 g/mol. The molecule has 1 saturated heterocycles. The van der Waals surface area contributed by atoms with Crippen molar-refractivity contribution in [3.05, 3.63) is 23.5 Å². The van der Waals surface area contributed by atoms with E-state index in [1.807, 2.05) is 0 Å². The molecule has 0 aliphatic carbocycles. The van der Waals surface area contributed by atoms with E-state index in [-0.39, 0.29) is 0 Å². The number of phosphoric ester groups is 1. The van der Waals surface area contributed by atoms with E-state index in [1.165, 1.54) is 0 Å². The average Bonchev–Trinajstić information content (AvgIpc) is 2.93. The molecule has 0 radical (unpaired) electrons. The van der Waals surface area contributed by atoms with Crippen LogP contribution in [0.2, 0.25) is 0 Å². The monoisotopic (exact) mass is 554 g/mol. The van der Waals surface area contributed by atoms with Gasteiger partial charge in [-0.15, -0.1) is 0 Å². The summed E-state index contributed by atoms with van der Waals surface area (Å²) in [5, 5.41) is 22.6. The number of hydrogen-bond acceptors (Lipinski definition) is 14. The SMILES string of the molecule is COC(=O)COC1=CN2C(=C(OP(=O)(O)OP(=O)(O)OP(=O)(O)O)[C@H]3O[C@@H]2C(O)C3O)NC1=O. The van der Waals surface area contributed by atoms with Gasteiger partial charge in [-0.2, -0.15) is 8.62 Å². The number of carbonyl (C=O) groups excluding carboxylic acids is 2. The van der Waals surface area contributed by atoms with Crippen LogP contribution in [0.4, 0.5) is 0 Å². The predicted octanol–water partition coefficient (Wildman–Crippen LogP) is -2.58. The van der Waals surface area contributed by atoms with Gasteiger partial charge in [0.15, 0.2) is 30.5 Å². The summed E-state index contributed by atoms with van der Waals surface area (Å²) < 4.78 is 61.2. The maximum absolute atomic E-state index is 12.4. The number of aliphatic hydroxyl groups excluding tert-OH is 2. The Balaban J connectivity index is 1.93. The first-order chi connectivity index (χ1) is 15.5. The minimum atomic E-state index is -5.88. The van der Waals surface area contributed by atoms with Gasteiger partial charge in [-0.1, -0.05) is 0 Å². The summed E-state index contributed by atoms with van der Waals surface area (Å²) in [5.74, 6) is -3.79. The summed E-state index contributed by atoms with van der Waals surface area (Å²) >= 11 is 0. The van der Waals surface area contributed by atoms with Crippen LogP contribution in [-0.4, -0.2) is 84.8 Å². The van der Waals surface area contributed by atoms with Gasteiger partial charge in [0, 0.05) is 0 Å². The van der Waals surface area contributed by atoms with Crippen LogP contribution in [0.5, 0.6) is 0 Å². The molecule has 192 valence electrons. The number of phosphoric acid groups is 3. The van der Waals surface area contributed by atoms with E-state index < -0.39 is 83.8 Å². The Morgan fingerprint density at radius 3 is 2.35 bits per heavy atom. The normalized spacial score (nSPS) is 29.9. The van der Waals surface area contributed by atoms with Gasteiger partial charge < -0.3 is 48.9 Å². The lowest BCUT2D eigenvalue weighted by Gasteiger charge is -2.38. The van der Waals surface area contributed by atoms with Crippen LogP contribution in [-0.2, 0) is 50.6 Å². The molecule has 0 spiro atoms. The zero-order valence-electron chi connectivity index (χ0n) is 16.6. The Morgan fingerprint density at radius 1 is 1.12 bits per heavy atom.